The van der Waals surface area contributed by atoms with Crippen molar-refractivity contribution in [3.05, 3.63) is 249 Å². The van der Waals surface area contributed by atoms with Gasteiger partial charge in [0.15, 0.2) is 23.1 Å². The van der Waals surface area contributed by atoms with Crippen LogP contribution in [0, 0.1) is 29.4 Å². The second-order valence-electron chi connectivity index (χ2n) is 29.5. The molecular weight excluding hydrogens is 1400 g/mol. The van der Waals surface area contributed by atoms with Crippen LogP contribution in [0.1, 0.15) is 141 Å². The summed E-state index contributed by atoms with van der Waals surface area (Å²) in [5.41, 5.74) is 9.57. The summed E-state index contributed by atoms with van der Waals surface area (Å²) in [6, 6.07) is 51.5. The fourth-order valence-corrected chi connectivity index (χ4v) is 16.5. The number of carbonyl (C=O) groups excluding carboxylic acids is 3. The van der Waals surface area contributed by atoms with Crippen LogP contribution in [-0.4, -0.2) is 162 Å². The maximum atomic E-state index is 15.0. The zero-order chi connectivity index (χ0) is 77.0. The number of hydrogen-bond donors (Lipinski definition) is 3. The lowest BCUT2D eigenvalue weighted by Crippen LogP contribution is -2.49. The summed E-state index contributed by atoms with van der Waals surface area (Å²) in [5.74, 6) is 3.56. The van der Waals surface area contributed by atoms with Gasteiger partial charge in [-0.15, -0.1) is 0 Å². The van der Waals surface area contributed by atoms with Crippen LogP contribution in [0.25, 0.3) is 0 Å². The smallest absolute Gasteiger partial charge is 0.252 e. The number of halogens is 3. The van der Waals surface area contributed by atoms with Gasteiger partial charge in [0.25, 0.3) is 17.7 Å². The molecule has 14 rings (SSSR count). The van der Waals surface area contributed by atoms with Crippen LogP contribution in [-0.2, 0) is 42.1 Å². The van der Waals surface area contributed by atoms with E-state index in [9.17, 15) is 23.2 Å². The molecule has 1 aromatic heterocycles. The maximum Gasteiger partial charge on any atom is 0.252 e. The minimum absolute atomic E-state index is 0.0417. The third kappa shape index (κ3) is 20.5. The summed E-state index contributed by atoms with van der Waals surface area (Å²) in [5, 5.41) is 8.57. The Kier molecular flexibility index (Phi) is 28.2. The summed E-state index contributed by atoms with van der Waals surface area (Å²) in [4.78, 5) is 43.8. The second-order valence-corrected chi connectivity index (χ2v) is 29.5. The Morgan fingerprint density at radius 1 is 0.455 bits per heavy atom. The number of piperidine rings is 3. The molecular formula is C89H106F3N7O11. The number of carbonyl (C=O) groups is 3. The van der Waals surface area contributed by atoms with E-state index in [0.29, 0.717) is 106 Å². The van der Waals surface area contributed by atoms with E-state index in [0.717, 1.165) is 111 Å². The van der Waals surface area contributed by atoms with Gasteiger partial charge in [-0.05, 0) is 221 Å². The fourth-order valence-electron chi connectivity index (χ4n) is 16.5. The normalized spacial score (nSPS) is 21.7. The topological polar surface area (TPSA) is 176 Å². The van der Waals surface area contributed by atoms with Gasteiger partial charge in [0, 0.05) is 125 Å². The van der Waals surface area contributed by atoms with Gasteiger partial charge in [-0.3, -0.25) is 29.1 Å². The van der Waals surface area contributed by atoms with E-state index in [1.165, 1.54) is 18.1 Å². The number of amides is 3. The summed E-state index contributed by atoms with van der Waals surface area (Å²) < 4.78 is 90.7. The highest BCUT2D eigenvalue weighted by Crippen LogP contribution is 2.43. The van der Waals surface area contributed by atoms with Crippen LogP contribution in [0.5, 0.6) is 34.5 Å². The lowest BCUT2D eigenvalue weighted by Gasteiger charge is -2.44. The van der Waals surface area contributed by atoms with Crippen molar-refractivity contribution in [2.75, 3.05) is 107 Å². The number of rotatable bonds is 30. The predicted molar refractivity (Wildman–Crippen MR) is 420 cm³/mol. The molecule has 6 aliphatic heterocycles. The van der Waals surface area contributed by atoms with Crippen LogP contribution >= 0.6 is 0 Å². The number of methoxy groups -OCH3 is 3. The standard InChI is InChI=1S/C32H37FN2O4.C30H36FN3O4.C27H33FN2O3/c1-22-29(21-39-26-10-8-25-20-34-32(36)28(25)19-26)27(13-15-35(22)14-12-23-6-4-3-5-7-23)24-9-11-31(30(33)18-24)38-17-16-37-2;1-21-27(20-38-24-7-5-23-19-32-30(35)26(23)18-24)25(9-12-34(21)14-13-33-10-3-4-11-33)22-6-8-29(28(31)17-22)37-16-15-36-2;1-18(28)5-4-13-30-14-12-24(20-6-9-22(32-3)10-7-20)26(19(30)2)17-33-23-11-8-21-16-29-27(31)25(21)15-23/h3-11,18-19,22,27,29H,12-17,20-21H2,1-2H3,(H,34,36);3-8,10-11,17-18,21,25,27H,9,12-16,19-20H2,1-2H3,(H,32,35);5-11,15,19,24,26H,4,12-14,16-17H2,1-3H3,(H,29,31)/b;;18-5+/t22-,27+,29-;21-,25+,27-;19-,24+,26-/m111/s1. The number of fused-ring (bicyclic) bond motifs is 3. The van der Waals surface area contributed by atoms with Gasteiger partial charge >= 0.3 is 0 Å². The monoisotopic (exact) mass is 1510 g/mol. The van der Waals surface area contributed by atoms with Gasteiger partial charge in [0.05, 0.1) is 46.0 Å². The molecule has 7 heterocycles. The Bertz CT molecular complexity index is 4370. The predicted octanol–water partition coefficient (Wildman–Crippen LogP) is 14.8. The summed E-state index contributed by atoms with van der Waals surface area (Å²) in [7, 11) is 4.86. The zero-order valence-corrected chi connectivity index (χ0v) is 64.4. The average molecular weight is 1510 g/mol. The molecule has 0 radical (unpaired) electrons. The van der Waals surface area contributed by atoms with Gasteiger partial charge in [0.2, 0.25) is 0 Å². The number of benzene rings is 7. The molecule has 0 spiro atoms. The molecule has 0 aliphatic carbocycles. The Hall–Kier alpha value is -9.64. The van der Waals surface area contributed by atoms with Crippen LogP contribution < -0.4 is 44.4 Å². The van der Waals surface area contributed by atoms with E-state index in [4.69, 9.17) is 37.9 Å². The van der Waals surface area contributed by atoms with Gasteiger partial charge in [-0.25, -0.2) is 13.2 Å². The van der Waals surface area contributed by atoms with Crippen molar-refractivity contribution in [2.45, 2.75) is 122 Å². The van der Waals surface area contributed by atoms with Crippen LogP contribution in [0.2, 0.25) is 0 Å². The van der Waals surface area contributed by atoms with Gasteiger partial charge in [0.1, 0.15) is 36.2 Å². The number of ether oxygens (including phenoxy) is 8. The van der Waals surface area contributed by atoms with E-state index in [1.54, 1.807) is 51.7 Å². The third-order valence-electron chi connectivity index (χ3n) is 23.0. The van der Waals surface area contributed by atoms with Crippen molar-refractivity contribution in [1.29, 1.82) is 0 Å². The van der Waals surface area contributed by atoms with Crippen LogP contribution in [0.3, 0.4) is 0 Å². The second kappa shape index (κ2) is 38.8. The first-order valence-corrected chi connectivity index (χ1v) is 38.8. The molecule has 3 N–H and O–H groups in total. The van der Waals surface area contributed by atoms with Crippen LogP contribution in [0.4, 0.5) is 13.2 Å². The van der Waals surface area contributed by atoms with E-state index >= 15 is 4.39 Å². The number of hydrogen-bond acceptors (Lipinski definition) is 14. The summed E-state index contributed by atoms with van der Waals surface area (Å²) in [6.45, 7) is 19.3. The molecule has 6 aliphatic rings. The van der Waals surface area contributed by atoms with Gasteiger partial charge in [-0.2, -0.15) is 0 Å². The maximum absolute atomic E-state index is 15.0. The first-order valence-electron chi connectivity index (χ1n) is 38.8. The number of likely N-dealkylation sites (tertiary alicyclic amines) is 3. The summed E-state index contributed by atoms with van der Waals surface area (Å²) in [6.07, 6.45) is 10.3. The SMILES string of the molecule is COCCOc1ccc([C@@H]2CCN(CCc3ccccc3)[C@H](C)[C@H]2COc2ccc3c(c2)C(=O)NC3)cc1F.COCCOc1ccc([C@@H]2CCN(CCn3cccc3)[C@H](C)[C@H]2COc2ccc3c(c2)C(=O)NC3)cc1F.COc1ccc([C@@H]2CCN(CC/C=C(\C)F)[C@H](C)[C@H]2COc2ccc3c(c2)C(=O)NC3)cc1. The molecule has 0 saturated carbocycles. The molecule has 8 aromatic rings. The number of nitrogens with one attached hydrogen (secondary N) is 3. The Morgan fingerprint density at radius 3 is 1.28 bits per heavy atom. The van der Waals surface area contributed by atoms with E-state index < -0.39 is 0 Å². The van der Waals surface area contributed by atoms with Crippen molar-refractivity contribution in [3.8, 4) is 34.5 Å². The van der Waals surface area contributed by atoms with E-state index in [2.05, 4.69) is 105 Å². The Labute approximate surface area is 645 Å². The number of nitrogens with zero attached hydrogens (tertiary/aromatic N) is 4. The molecule has 18 nitrogen and oxygen atoms in total. The van der Waals surface area contributed by atoms with Crippen molar-refractivity contribution in [3.63, 3.8) is 0 Å². The highest BCUT2D eigenvalue weighted by molar-refractivity contribution is 5.99. The molecule has 110 heavy (non-hydrogen) atoms. The third-order valence-corrected chi connectivity index (χ3v) is 23.0. The van der Waals surface area contributed by atoms with Crippen molar-refractivity contribution < 1.29 is 65.4 Å². The van der Waals surface area contributed by atoms with Gasteiger partial charge < -0.3 is 58.4 Å². The molecule has 9 atom stereocenters. The average Bonchev–Trinajstić information content (AvgIpc) is 1.02. The highest BCUT2D eigenvalue weighted by atomic mass is 19.1. The minimum Gasteiger partial charge on any atom is -0.497 e. The molecule has 21 heteroatoms. The first kappa shape index (κ1) is 79.9. The lowest BCUT2D eigenvalue weighted by molar-refractivity contribution is 0.0537. The zero-order valence-electron chi connectivity index (χ0n) is 64.4. The molecule has 3 fully saturated rings. The molecule has 3 saturated heterocycles. The van der Waals surface area contributed by atoms with Gasteiger partial charge in [-0.1, -0.05) is 78.9 Å². The molecule has 0 bridgehead atoms. The fraction of sp³-hybridized carbons (Fsp3) is 0.427. The molecule has 7 aromatic carbocycles. The van der Waals surface area contributed by atoms with E-state index in [-0.39, 0.29) is 94.4 Å². The Morgan fingerprint density at radius 2 is 0.864 bits per heavy atom. The highest BCUT2D eigenvalue weighted by Gasteiger charge is 2.41. The minimum atomic E-state index is -0.356. The van der Waals surface area contributed by atoms with Crippen LogP contribution in [0.15, 0.2) is 182 Å². The largest absolute Gasteiger partial charge is 0.497 e. The van der Waals surface area contributed by atoms with Crippen molar-refractivity contribution in [1.82, 2.24) is 35.2 Å². The van der Waals surface area contributed by atoms with Crippen molar-refractivity contribution >= 4 is 17.7 Å². The lowest BCUT2D eigenvalue weighted by atomic mass is 9.76. The number of aromatic nitrogens is 1. The summed E-state index contributed by atoms with van der Waals surface area (Å²) >= 11 is 0. The van der Waals surface area contributed by atoms with E-state index in [1.807, 2.05) is 97.1 Å². The molecule has 584 valence electrons. The molecule has 0 unspecified atom stereocenters. The molecule has 3 amide bonds. The quantitative estimate of drug-likeness (QED) is 0.0363. The first-order chi connectivity index (χ1) is 53.5. The van der Waals surface area contributed by atoms with Crippen molar-refractivity contribution in [2.24, 2.45) is 17.8 Å². The number of allylic oxidation sites excluding steroid dienone is 1. The Balaban J connectivity index is 0.000000154.